The number of amides is 2. The lowest BCUT2D eigenvalue weighted by Crippen LogP contribution is -2.54. The molecule has 2 heterocycles. The zero-order valence-corrected chi connectivity index (χ0v) is 16.0. The molecule has 1 fully saturated rings. The molecule has 142 valence electrons. The molecule has 4 rings (SSSR count). The Morgan fingerprint density at radius 2 is 1.93 bits per heavy atom. The average Bonchev–Trinajstić information content (AvgIpc) is 3.11. The Kier molecular flexibility index (Phi) is 4.48. The number of hydrogen-bond acceptors (Lipinski definition) is 6. The lowest BCUT2D eigenvalue weighted by Gasteiger charge is -2.29. The van der Waals surface area contributed by atoms with Gasteiger partial charge in [-0.1, -0.05) is 12.1 Å². The maximum absolute atomic E-state index is 13.1. The topological polar surface area (TPSA) is 77.1 Å². The third-order valence-corrected chi connectivity index (χ3v) is 4.67. The van der Waals surface area contributed by atoms with E-state index < -0.39 is 11.8 Å². The van der Waals surface area contributed by atoms with Crippen LogP contribution >= 0.6 is 12.2 Å². The van der Waals surface area contributed by atoms with E-state index in [1.165, 1.54) is 18.1 Å². The number of carbonyl (C=O) groups excluding carboxylic acids is 2. The van der Waals surface area contributed by atoms with Crippen molar-refractivity contribution in [3.8, 4) is 17.2 Å². The van der Waals surface area contributed by atoms with Crippen molar-refractivity contribution in [3.63, 3.8) is 0 Å². The molecular formula is C20H16N2O5S. The number of anilines is 1. The second-order valence-corrected chi connectivity index (χ2v) is 6.63. The minimum Gasteiger partial charge on any atom is -0.496 e. The Hall–Kier alpha value is -3.39. The van der Waals surface area contributed by atoms with E-state index in [1.807, 2.05) is 25.1 Å². The third kappa shape index (κ3) is 3.07. The molecule has 2 aliphatic heterocycles. The van der Waals surface area contributed by atoms with E-state index in [0.29, 0.717) is 28.5 Å². The minimum absolute atomic E-state index is 0.0374. The molecule has 0 atom stereocenters. The van der Waals surface area contributed by atoms with Crippen molar-refractivity contribution in [1.82, 2.24) is 5.32 Å². The van der Waals surface area contributed by atoms with Gasteiger partial charge in [-0.15, -0.1) is 0 Å². The van der Waals surface area contributed by atoms with Gasteiger partial charge in [-0.25, -0.2) is 0 Å². The van der Waals surface area contributed by atoms with Gasteiger partial charge in [0.25, 0.3) is 11.8 Å². The van der Waals surface area contributed by atoms with Crippen LogP contribution in [-0.4, -0.2) is 30.8 Å². The van der Waals surface area contributed by atoms with E-state index >= 15 is 0 Å². The number of nitrogens with zero attached hydrogens (tertiary/aromatic N) is 1. The molecule has 0 saturated carbocycles. The van der Waals surface area contributed by atoms with Gasteiger partial charge in [0.1, 0.15) is 11.3 Å². The summed E-state index contributed by atoms with van der Waals surface area (Å²) in [5.41, 5.74) is 2.00. The van der Waals surface area contributed by atoms with Crippen LogP contribution in [0.25, 0.3) is 6.08 Å². The number of benzene rings is 2. The van der Waals surface area contributed by atoms with Crippen molar-refractivity contribution >= 4 is 40.9 Å². The summed E-state index contributed by atoms with van der Waals surface area (Å²) in [5.74, 6) is 0.425. The molecule has 1 saturated heterocycles. The Morgan fingerprint density at radius 3 is 2.64 bits per heavy atom. The number of carbonyl (C=O) groups is 2. The number of aryl methyl sites for hydroxylation is 1. The van der Waals surface area contributed by atoms with Gasteiger partial charge in [0.05, 0.1) is 12.8 Å². The van der Waals surface area contributed by atoms with Crippen molar-refractivity contribution in [2.75, 3.05) is 18.8 Å². The van der Waals surface area contributed by atoms with Crippen LogP contribution in [0.15, 0.2) is 42.0 Å². The fourth-order valence-corrected chi connectivity index (χ4v) is 3.32. The highest BCUT2D eigenvalue weighted by atomic mass is 32.1. The first-order valence-electron chi connectivity index (χ1n) is 8.43. The van der Waals surface area contributed by atoms with Crippen molar-refractivity contribution < 1.29 is 23.8 Å². The van der Waals surface area contributed by atoms with Gasteiger partial charge in [0.15, 0.2) is 16.6 Å². The predicted octanol–water partition coefficient (Wildman–Crippen LogP) is 2.56. The first-order chi connectivity index (χ1) is 13.5. The molecule has 0 unspecified atom stereocenters. The molecule has 7 nitrogen and oxygen atoms in total. The summed E-state index contributed by atoms with van der Waals surface area (Å²) in [7, 11) is 1.50. The first-order valence-corrected chi connectivity index (χ1v) is 8.84. The SMILES string of the molecule is COc1cc2c(cc1C=C1C(=O)NC(=S)N(c3cccc(C)c3)C1=O)OCO2. The maximum atomic E-state index is 13.1. The van der Waals surface area contributed by atoms with Gasteiger partial charge in [0.2, 0.25) is 6.79 Å². The molecule has 1 N–H and O–H groups in total. The van der Waals surface area contributed by atoms with E-state index in [9.17, 15) is 9.59 Å². The number of hydrogen-bond donors (Lipinski definition) is 1. The zero-order valence-electron chi connectivity index (χ0n) is 15.1. The van der Waals surface area contributed by atoms with Crippen LogP contribution in [0.1, 0.15) is 11.1 Å². The van der Waals surface area contributed by atoms with E-state index in [-0.39, 0.29) is 17.5 Å². The van der Waals surface area contributed by atoms with Crippen LogP contribution in [0.4, 0.5) is 5.69 Å². The number of fused-ring (bicyclic) bond motifs is 1. The number of nitrogens with one attached hydrogen (secondary N) is 1. The van der Waals surface area contributed by atoms with Gasteiger partial charge < -0.3 is 14.2 Å². The second kappa shape index (κ2) is 6.97. The molecule has 0 bridgehead atoms. The summed E-state index contributed by atoms with van der Waals surface area (Å²) in [6.45, 7) is 2.01. The lowest BCUT2D eigenvalue weighted by atomic mass is 10.1. The van der Waals surface area contributed by atoms with Gasteiger partial charge in [-0.3, -0.25) is 19.8 Å². The fourth-order valence-electron chi connectivity index (χ4n) is 3.04. The molecule has 28 heavy (non-hydrogen) atoms. The van der Waals surface area contributed by atoms with Gasteiger partial charge in [-0.05, 0) is 49.0 Å². The molecule has 2 aromatic carbocycles. The molecule has 0 aliphatic carbocycles. The highest BCUT2D eigenvalue weighted by Crippen LogP contribution is 2.39. The second-order valence-electron chi connectivity index (χ2n) is 6.24. The van der Waals surface area contributed by atoms with Gasteiger partial charge in [-0.2, -0.15) is 0 Å². The molecule has 0 aromatic heterocycles. The van der Waals surface area contributed by atoms with Crippen LogP contribution in [0.5, 0.6) is 17.2 Å². The molecule has 0 spiro atoms. The predicted molar refractivity (Wildman–Crippen MR) is 106 cm³/mol. The van der Waals surface area contributed by atoms with Crippen LogP contribution in [0.2, 0.25) is 0 Å². The summed E-state index contributed by atoms with van der Waals surface area (Å²) >= 11 is 5.22. The summed E-state index contributed by atoms with van der Waals surface area (Å²) in [4.78, 5) is 26.9. The van der Waals surface area contributed by atoms with Crippen molar-refractivity contribution in [3.05, 3.63) is 53.1 Å². The van der Waals surface area contributed by atoms with E-state index in [2.05, 4.69) is 5.32 Å². The molecule has 8 heteroatoms. The van der Waals surface area contributed by atoms with Crippen LogP contribution in [-0.2, 0) is 9.59 Å². The molecule has 2 amide bonds. The Balaban J connectivity index is 1.78. The zero-order chi connectivity index (χ0) is 19.8. The number of rotatable bonds is 3. The quantitative estimate of drug-likeness (QED) is 0.488. The highest BCUT2D eigenvalue weighted by molar-refractivity contribution is 7.80. The molecule has 2 aliphatic rings. The Bertz CT molecular complexity index is 1050. The fraction of sp³-hybridized carbons (Fsp3) is 0.150. The Morgan fingerprint density at radius 1 is 1.18 bits per heavy atom. The van der Waals surface area contributed by atoms with Crippen LogP contribution in [0.3, 0.4) is 0 Å². The number of thiocarbonyl (C=S) groups is 1. The average molecular weight is 396 g/mol. The van der Waals surface area contributed by atoms with E-state index in [4.69, 9.17) is 26.4 Å². The van der Waals surface area contributed by atoms with Crippen molar-refractivity contribution in [2.24, 2.45) is 0 Å². The standard InChI is InChI=1S/C20H16N2O5S/c1-11-4-3-5-13(6-11)22-19(24)14(18(23)21-20(22)28)7-12-8-16-17(27-10-26-16)9-15(12)25-2/h3-9H,10H2,1-2H3,(H,21,23,28). The van der Waals surface area contributed by atoms with E-state index in [1.54, 1.807) is 18.2 Å². The summed E-state index contributed by atoms with van der Waals surface area (Å²) in [5, 5.41) is 2.61. The summed E-state index contributed by atoms with van der Waals surface area (Å²) in [6, 6.07) is 10.6. The van der Waals surface area contributed by atoms with Crippen molar-refractivity contribution in [2.45, 2.75) is 6.92 Å². The van der Waals surface area contributed by atoms with Gasteiger partial charge in [0, 0.05) is 11.6 Å². The highest BCUT2D eigenvalue weighted by Gasteiger charge is 2.35. The summed E-state index contributed by atoms with van der Waals surface area (Å²) in [6.07, 6.45) is 1.46. The number of ether oxygens (including phenoxy) is 3. The molecule has 2 aromatic rings. The lowest BCUT2D eigenvalue weighted by molar-refractivity contribution is -0.122. The molecule has 0 radical (unpaired) electrons. The molecular weight excluding hydrogens is 380 g/mol. The maximum Gasteiger partial charge on any atom is 0.270 e. The third-order valence-electron chi connectivity index (χ3n) is 4.39. The van der Waals surface area contributed by atoms with Crippen LogP contribution < -0.4 is 24.4 Å². The van der Waals surface area contributed by atoms with Crippen LogP contribution in [0, 0.1) is 6.92 Å². The van der Waals surface area contributed by atoms with Crippen molar-refractivity contribution in [1.29, 1.82) is 0 Å². The Labute approximate surface area is 166 Å². The minimum atomic E-state index is -0.571. The van der Waals surface area contributed by atoms with Gasteiger partial charge >= 0.3 is 0 Å². The first kappa shape index (κ1) is 18.0. The number of methoxy groups -OCH3 is 1. The monoisotopic (exact) mass is 396 g/mol. The smallest absolute Gasteiger partial charge is 0.270 e. The van der Waals surface area contributed by atoms with E-state index in [0.717, 1.165) is 5.56 Å². The largest absolute Gasteiger partial charge is 0.496 e. The summed E-state index contributed by atoms with van der Waals surface area (Å²) < 4.78 is 16.1. The normalized spacial score (nSPS) is 17.1.